The molecule has 2 aromatic carbocycles. The number of hydrogen-bond donors (Lipinski definition) is 2. The topological polar surface area (TPSA) is 74.7 Å². The first kappa shape index (κ1) is 20.6. The molecule has 0 fully saturated rings. The van der Waals surface area contributed by atoms with Crippen LogP contribution in [-0.4, -0.2) is 35.3 Å². The second-order valence-electron chi connectivity index (χ2n) is 6.56. The minimum absolute atomic E-state index is 0.133. The van der Waals surface area contributed by atoms with E-state index in [9.17, 15) is 14.3 Å². The number of halogens is 3. The molecule has 1 aromatic heterocycles. The molecule has 0 aliphatic carbocycles. The van der Waals surface area contributed by atoms with E-state index in [-0.39, 0.29) is 18.8 Å². The number of pyridine rings is 1. The number of ether oxygens (including phenoxy) is 1. The van der Waals surface area contributed by atoms with Gasteiger partial charge >= 0.3 is 0 Å². The van der Waals surface area contributed by atoms with Gasteiger partial charge in [0.25, 0.3) is 5.91 Å². The minimum Gasteiger partial charge on any atom is -0.488 e. The molecule has 0 radical (unpaired) electrons. The molecule has 2 heterocycles. The van der Waals surface area contributed by atoms with Crippen LogP contribution in [0, 0.1) is 5.82 Å². The molecule has 1 aliphatic heterocycles. The van der Waals surface area contributed by atoms with Crippen molar-refractivity contribution in [3.63, 3.8) is 0 Å². The first-order valence-electron chi connectivity index (χ1n) is 9.02. The number of carbonyl (C=O) groups excluding carboxylic acids is 1. The van der Waals surface area contributed by atoms with E-state index in [0.717, 1.165) is 0 Å². The zero-order valence-corrected chi connectivity index (χ0v) is 17.8. The van der Waals surface area contributed by atoms with Crippen LogP contribution in [0.3, 0.4) is 0 Å². The Bertz CT molecular complexity index is 1110. The van der Waals surface area contributed by atoms with Crippen molar-refractivity contribution in [2.45, 2.75) is 6.04 Å². The Balaban J connectivity index is 1.73. The SMILES string of the molecule is O=C(Nc1ccc(Br)c(F)c1)c1cccc2c1OC[C@H](CO)N2c1ncccc1Cl. The molecule has 6 nitrogen and oxygen atoms in total. The van der Waals surface area contributed by atoms with E-state index in [1.165, 1.54) is 12.1 Å². The highest BCUT2D eigenvalue weighted by atomic mass is 79.9. The van der Waals surface area contributed by atoms with Gasteiger partial charge in [0.1, 0.15) is 12.4 Å². The van der Waals surface area contributed by atoms with Gasteiger partial charge in [0, 0.05) is 11.9 Å². The lowest BCUT2D eigenvalue weighted by molar-refractivity contribution is 0.102. The second kappa shape index (κ2) is 8.59. The van der Waals surface area contributed by atoms with Gasteiger partial charge in [0.05, 0.1) is 33.4 Å². The Labute approximate surface area is 185 Å². The Hall–Kier alpha value is -2.68. The monoisotopic (exact) mass is 491 g/mol. The predicted molar refractivity (Wildman–Crippen MR) is 116 cm³/mol. The quantitative estimate of drug-likeness (QED) is 0.548. The molecule has 2 N–H and O–H groups in total. The molecule has 0 bridgehead atoms. The zero-order chi connectivity index (χ0) is 21.3. The summed E-state index contributed by atoms with van der Waals surface area (Å²) < 4.78 is 19.9. The number of aliphatic hydroxyl groups excluding tert-OH is 1. The Morgan fingerprint density at radius 2 is 2.17 bits per heavy atom. The van der Waals surface area contributed by atoms with E-state index in [4.69, 9.17) is 16.3 Å². The molecular formula is C21H16BrClFN3O3. The third-order valence-corrected chi connectivity index (χ3v) is 5.58. The first-order valence-corrected chi connectivity index (χ1v) is 10.2. The molecule has 0 unspecified atom stereocenters. The smallest absolute Gasteiger partial charge is 0.259 e. The van der Waals surface area contributed by atoms with Gasteiger partial charge < -0.3 is 20.1 Å². The summed E-state index contributed by atoms with van der Waals surface area (Å²) in [6.07, 6.45) is 1.60. The fraction of sp³-hybridized carbons (Fsp3) is 0.143. The van der Waals surface area contributed by atoms with Crippen molar-refractivity contribution < 1.29 is 19.0 Å². The van der Waals surface area contributed by atoms with Crippen LogP contribution in [-0.2, 0) is 0 Å². The van der Waals surface area contributed by atoms with Gasteiger partial charge in [0.15, 0.2) is 11.6 Å². The summed E-state index contributed by atoms with van der Waals surface area (Å²) in [4.78, 5) is 19.0. The van der Waals surface area contributed by atoms with Crippen LogP contribution in [0.2, 0.25) is 5.02 Å². The van der Waals surface area contributed by atoms with Crippen molar-refractivity contribution in [3.8, 4) is 5.75 Å². The van der Waals surface area contributed by atoms with Gasteiger partial charge in [-0.3, -0.25) is 4.79 Å². The molecule has 0 saturated heterocycles. The summed E-state index contributed by atoms with van der Waals surface area (Å²) in [5.74, 6) is -0.154. The maximum absolute atomic E-state index is 13.8. The average Bonchev–Trinajstić information content (AvgIpc) is 2.75. The Kier molecular flexibility index (Phi) is 5.90. The summed E-state index contributed by atoms with van der Waals surface area (Å²) >= 11 is 9.42. The molecule has 9 heteroatoms. The normalized spacial score (nSPS) is 15.3. The van der Waals surface area contributed by atoms with Gasteiger partial charge in [-0.1, -0.05) is 17.7 Å². The summed E-state index contributed by atoms with van der Waals surface area (Å²) in [5, 5.41) is 12.9. The van der Waals surface area contributed by atoms with Gasteiger partial charge in [-0.15, -0.1) is 0 Å². The lowest BCUT2D eigenvalue weighted by Gasteiger charge is -2.37. The molecular weight excluding hydrogens is 477 g/mol. The number of nitrogens with zero attached hydrogens (tertiary/aromatic N) is 2. The van der Waals surface area contributed by atoms with E-state index in [1.54, 1.807) is 47.5 Å². The molecule has 154 valence electrons. The van der Waals surface area contributed by atoms with E-state index >= 15 is 0 Å². The van der Waals surface area contributed by atoms with Crippen molar-refractivity contribution in [3.05, 3.63) is 75.6 Å². The zero-order valence-electron chi connectivity index (χ0n) is 15.5. The van der Waals surface area contributed by atoms with Crippen LogP contribution >= 0.6 is 27.5 Å². The summed E-state index contributed by atoms with van der Waals surface area (Å²) in [7, 11) is 0. The van der Waals surface area contributed by atoms with Gasteiger partial charge in [-0.2, -0.15) is 0 Å². The minimum atomic E-state index is -0.485. The number of nitrogens with one attached hydrogen (secondary N) is 1. The van der Waals surface area contributed by atoms with Crippen molar-refractivity contribution >= 4 is 50.6 Å². The highest BCUT2D eigenvalue weighted by Gasteiger charge is 2.33. The average molecular weight is 493 g/mol. The molecule has 30 heavy (non-hydrogen) atoms. The highest BCUT2D eigenvalue weighted by molar-refractivity contribution is 9.10. The van der Waals surface area contributed by atoms with Crippen molar-refractivity contribution in [2.75, 3.05) is 23.4 Å². The van der Waals surface area contributed by atoms with Gasteiger partial charge in [0.2, 0.25) is 0 Å². The van der Waals surface area contributed by atoms with E-state index in [0.29, 0.717) is 32.4 Å². The molecule has 1 aliphatic rings. The number of benzene rings is 2. The molecule has 3 aromatic rings. The number of aliphatic hydroxyl groups is 1. The number of anilines is 3. The maximum atomic E-state index is 13.8. The van der Waals surface area contributed by atoms with E-state index in [2.05, 4.69) is 26.2 Å². The number of aromatic nitrogens is 1. The van der Waals surface area contributed by atoms with E-state index < -0.39 is 17.8 Å². The van der Waals surface area contributed by atoms with E-state index in [1.807, 2.05) is 0 Å². The summed E-state index contributed by atoms with van der Waals surface area (Å²) in [6, 6.07) is 12.4. The van der Waals surface area contributed by atoms with Crippen LogP contribution in [0.1, 0.15) is 10.4 Å². The van der Waals surface area contributed by atoms with Crippen molar-refractivity contribution in [1.82, 2.24) is 4.98 Å². The number of fused-ring (bicyclic) bond motifs is 1. The molecule has 1 amide bonds. The molecule has 0 spiro atoms. The second-order valence-corrected chi connectivity index (χ2v) is 7.82. The van der Waals surface area contributed by atoms with Crippen LogP contribution in [0.25, 0.3) is 0 Å². The Morgan fingerprint density at radius 3 is 2.90 bits per heavy atom. The largest absolute Gasteiger partial charge is 0.488 e. The number of carbonyl (C=O) groups is 1. The maximum Gasteiger partial charge on any atom is 0.259 e. The van der Waals surface area contributed by atoms with Crippen LogP contribution in [0.15, 0.2) is 59.2 Å². The number of hydrogen-bond acceptors (Lipinski definition) is 5. The highest BCUT2D eigenvalue weighted by Crippen LogP contribution is 2.42. The fourth-order valence-corrected chi connectivity index (χ4v) is 3.70. The number of para-hydroxylation sites is 1. The summed E-state index contributed by atoms with van der Waals surface area (Å²) in [6.45, 7) is -0.0610. The number of amides is 1. The lowest BCUT2D eigenvalue weighted by atomic mass is 10.1. The van der Waals surface area contributed by atoms with Crippen LogP contribution in [0.4, 0.5) is 21.6 Å². The predicted octanol–water partition coefficient (Wildman–Crippen LogP) is 4.78. The lowest BCUT2D eigenvalue weighted by Crippen LogP contribution is -2.43. The van der Waals surface area contributed by atoms with Gasteiger partial charge in [-0.05, 0) is 58.4 Å². The first-order chi connectivity index (χ1) is 14.5. The van der Waals surface area contributed by atoms with Crippen molar-refractivity contribution in [1.29, 1.82) is 0 Å². The summed E-state index contributed by atoms with van der Waals surface area (Å²) in [5.41, 5.74) is 1.13. The molecule has 1 atom stereocenters. The third-order valence-electron chi connectivity index (χ3n) is 4.64. The molecule has 4 rings (SSSR count). The third kappa shape index (κ3) is 3.86. The fourth-order valence-electron chi connectivity index (χ4n) is 3.24. The van der Waals surface area contributed by atoms with Crippen LogP contribution < -0.4 is 15.0 Å². The van der Waals surface area contributed by atoms with Crippen molar-refractivity contribution in [2.24, 2.45) is 0 Å². The Morgan fingerprint density at radius 1 is 1.33 bits per heavy atom. The van der Waals surface area contributed by atoms with Gasteiger partial charge in [-0.25, -0.2) is 9.37 Å². The van der Waals surface area contributed by atoms with Crippen LogP contribution in [0.5, 0.6) is 5.75 Å². The number of rotatable bonds is 4. The standard InChI is InChI=1S/C21H16BrClFN3O3/c22-15-7-6-12(9-17(15)24)26-21(29)14-3-1-5-18-19(14)30-11-13(10-28)27(18)20-16(23)4-2-8-25-20/h1-9,13,28H,10-11H2,(H,26,29)/t13-/m0/s1. The molecule has 0 saturated carbocycles.